The maximum absolute atomic E-state index is 9.06. The molecule has 0 aliphatic carbocycles. The molecule has 0 amide bonds. The maximum atomic E-state index is 9.06. The van der Waals surface area contributed by atoms with Crippen molar-refractivity contribution < 1.29 is 9.47 Å². The molecule has 1 heterocycles. The Labute approximate surface area is 124 Å². The molecule has 0 radical (unpaired) electrons. The van der Waals surface area contributed by atoms with E-state index in [0.717, 1.165) is 11.5 Å². The van der Waals surface area contributed by atoms with E-state index in [4.69, 9.17) is 14.7 Å². The molecule has 1 aromatic heterocycles. The molecule has 0 atom stereocenters. The smallest absolute Gasteiger partial charge is 0.146 e. The fourth-order valence-electron chi connectivity index (χ4n) is 1.87. The molecule has 0 spiro atoms. The van der Waals surface area contributed by atoms with Gasteiger partial charge >= 0.3 is 0 Å². The zero-order chi connectivity index (χ0) is 15.1. The third-order valence-corrected chi connectivity index (χ3v) is 3.02. The lowest BCUT2D eigenvalue weighted by atomic mass is 10.2. The van der Waals surface area contributed by atoms with E-state index in [0.29, 0.717) is 24.5 Å². The van der Waals surface area contributed by atoms with Gasteiger partial charge in [-0.05, 0) is 36.4 Å². The first-order valence-electron chi connectivity index (χ1n) is 6.57. The van der Waals surface area contributed by atoms with Crippen molar-refractivity contribution in [3.63, 3.8) is 0 Å². The number of likely N-dealkylation sites (N-methyl/N-ethyl adjacent to an activating group) is 1. The Balaban J connectivity index is 1.89. The highest BCUT2D eigenvalue weighted by molar-refractivity contribution is 5.52. The van der Waals surface area contributed by atoms with Crippen molar-refractivity contribution in [2.75, 3.05) is 32.2 Å². The fraction of sp³-hybridized carbons (Fsp3) is 0.250. The van der Waals surface area contributed by atoms with Crippen LogP contribution in [0, 0.1) is 11.3 Å². The van der Waals surface area contributed by atoms with Crippen LogP contribution in [-0.2, 0) is 0 Å². The SMILES string of the molecule is COc1ccc(OCCN(C)c2ncccc2C#N)cc1. The first-order valence-corrected chi connectivity index (χ1v) is 6.57. The number of ether oxygens (including phenoxy) is 2. The molecule has 0 aliphatic rings. The predicted molar refractivity (Wildman–Crippen MR) is 80.7 cm³/mol. The summed E-state index contributed by atoms with van der Waals surface area (Å²) in [5, 5.41) is 9.06. The van der Waals surface area contributed by atoms with Crippen LogP contribution in [0.5, 0.6) is 11.5 Å². The van der Waals surface area contributed by atoms with Crippen molar-refractivity contribution in [2.45, 2.75) is 0 Å². The zero-order valence-electron chi connectivity index (χ0n) is 12.1. The molecule has 5 nitrogen and oxygen atoms in total. The molecule has 21 heavy (non-hydrogen) atoms. The number of nitrogens with zero attached hydrogens (tertiary/aromatic N) is 3. The van der Waals surface area contributed by atoms with Gasteiger partial charge in [0.1, 0.15) is 30.0 Å². The van der Waals surface area contributed by atoms with E-state index in [1.54, 1.807) is 25.4 Å². The highest BCUT2D eigenvalue weighted by Crippen LogP contribution is 2.17. The third kappa shape index (κ3) is 3.86. The zero-order valence-corrected chi connectivity index (χ0v) is 12.1. The van der Waals surface area contributed by atoms with Gasteiger partial charge in [-0.3, -0.25) is 0 Å². The normalized spacial score (nSPS) is 9.76. The Morgan fingerprint density at radius 3 is 2.57 bits per heavy atom. The summed E-state index contributed by atoms with van der Waals surface area (Å²) in [5.41, 5.74) is 0.560. The molecule has 2 aromatic rings. The maximum Gasteiger partial charge on any atom is 0.146 e. The minimum atomic E-state index is 0.504. The number of hydrogen-bond donors (Lipinski definition) is 0. The molecule has 0 aliphatic heterocycles. The Morgan fingerprint density at radius 1 is 1.19 bits per heavy atom. The molecule has 0 N–H and O–H groups in total. The number of benzene rings is 1. The fourth-order valence-corrected chi connectivity index (χ4v) is 1.87. The summed E-state index contributed by atoms with van der Waals surface area (Å²) in [6.45, 7) is 1.14. The predicted octanol–water partition coefficient (Wildman–Crippen LogP) is 2.48. The van der Waals surface area contributed by atoms with Gasteiger partial charge in [0.2, 0.25) is 0 Å². The van der Waals surface area contributed by atoms with Crippen LogP contribution in [0.4, 0.5) is 5.82 Å². The summed E-state index contributed by atoms with van der Waals surface area (Å²) >= 11 is 0. The van der Waals surface area contributed by atoms with Crippen molar-refractivity contribution in [1.29, 1.82) is 5.26 Å². The monoisotopic (exact) mass is 283 g/mol. The molecule has 0 saturated heterocycles. The molecule has 0 unspecified atom stereocenters. The van der Waals surface area contributed by atoms with Gasteiger partial charge < -0.3 is 14.4 Å². The molecular formula is C16H17N3O2. The molecule has 5 heteroatoms. The van der Waals surface area contributed by atoms with E-state index in [2.05, 4.69) is 11.1 Å². The number of aromatic nitrogens is 1. The summed E-state index contributed by atoms with van der Waals surface area (Å²) in [6.07, 6.45) is 1.68. The highest BCUT2D eigenvalue weighted by atomic mass is 16.5. The van der Waals surface area contributed by atoms with Crippen LogP contribution >= 0.6 is 0 Å². The third-order valence-electron chi connectivity index (χ3n) is 3.02. The lowest BCUT2D eigenvalue weighted by molar-refractivity contribution is 0.324. The van der Waals surface area contributed by atoms with Crippen molar-refractivity contribution >= 4 is 5.82 Å². The van der Waals surface area contributed by atoms with Crippen LogP contribution in [0.1, 0.15) is 5.56 Å². The van der Waals surface area contributed by atoms with Gasteiger partial charge in [-0.15, -0.1) is 0 Å². The van der Waals surface area contributed by atoms with Crippen LogP contribution in [0.2, 0.25) is 0 Å². The summed E-state index contributed by atoms with van der Waals surface area (Å²) in [7, 11) is 3.52. The van der Waals surface area contributed by atoms with Gasteiger partial charge in [-0.1, -0.05) is 0 Å². The summed E-state index contributed by atoms with van der Waals surface area (Å²) < 4.78 is 10.8. The van der Waals surface area contributed by atoms with Crippen molar-refractivity contribution in [3.05, 3.63) is 48.2 Å². The summed E-state index contributed by atoms with van der Waals surface area (Å²) in [4.78, 5) is 6.13. The summed E-state index contributed by atoms with van der Waals surface area (Å²) in [6, 6.07) is 13.1. The highest BCUT2D eigenvalue weighted by Gasteiger charge is 2.08. The Kier molecular flexibility index (Phi) is 4.99. The first kappa shape index (κ1) is 14.7. The largest absolute Gasteiger partial charge is 0.497 e. The van der Waals surface area contributed by atoms with Crippen LogP contribution in [0.3, 0.4) is 0 Å². The minimum absolute atomic E-state index is 0.504. The number of pyridine rings is 1. The average molecular weight is 283 g/mol. The van der Waals surface area contributed by atoms with E-state index in [1.165, 1.54) is 0 Å². The van der Waals surface area contributed by atoms with Crippen molar-refractivity contribution in [1.82, 2.24) is 4.98 Å². The second-order valence-corrected chi connectivity index (χ2v) is 4.43. The molecule has 2 rings (SSSR count). The van der Waals surface area contributed by atoms with E-state index in [-0.39, 0.29) is 0 Å². The van der Waals surface area contributed by atoms with Crippen molar-refractivity contribution in [3.8, 4) is 17.6 Å². The van der Waals surface area contributed by atoms with Crippen LogP contribution in [0.15, 0.2) is 42.6 Å². The quantitative estimate of drug-likeness (QED) is 0.815. The van der Waals surface area contributed by atoms with Crippen molar-refractivity contribution in [2.24, 2.45) is 0 Å². The van der Waals surface area contributed by atoms with Gasteiger partial charge in [0.15, 0.2) is 0 Å². The number of hydrogen-bond acceptors (Lipinski definition) is 5. The second kappa shape index (κ2) is 7.15. The van der Waals surface area contributed by atoms with Crippen LogP contribution < -0.4 is 14.4 Å². The molecular weight excluding hydrogens is 266 g/mol. The van der Waals surface area contributed by atoms with E-state index in [9.17, 15) is 0 Å². The Bertz CT molecular complexity index is 620. The molecule has 1 aromatic carbocycles. The van der Waals surface area contributed by atoms with E-state index >= 15 is 0 Å². The Morgan fingerprint density at radius 2 is 1.90 bits per heavy atom. The van der Waals surface area contributed by atoms with Gasteiger partial charge in [-0.25, -0.2) is 4.98 Å². The second-order valence-electron chi connectivity index (χ2n) is 4.43. The molecule has 0 bridgehead atoms. The lowest BCUT2D eigenvalue weighted by Gasteiger charge is -2.19. The van der Waals surface area contributed by atoms with Crippen LogP contribution in [-0.4, -0.2) is 32.3 Å². The average Bonchev–Trinajstić information content (AvgIpc) is 2.55. The Hall–Kier alpha value is -2.74. The van der Waals surface area contributed by atoms with Crippen LogP contribution in [0.25, 0.3) is 0 Å². The summed E-state index contributed by atoms with van der Waals surface area (Å²) in [5.74, 6) is 2.25. The van der Waals surface area contributed by atoms with Gasteiger partial charge in [-0.2, -0.15) is 5.26 Å². The number of nitriles is 1. The van der Waals surface area contributed by atoms with Gasteiger partial charge in [0.05, 0.1) is 19.2 Å². The van der Waals surface area contributed by atoms with Gasteiger partial charge in [0, 0.05) is 13.2 Å². The minimum Gasteiger partial charge on any atom is -0.497 e. The lowest BCUT2D eigenvalue weighted by Crippen LogP contribution is -2.25. The standard InChI is InChI=1S/C16H17N3O2/c1-19(16-13(12-17)4-3-9-18-16)10-11-21-15-7-5-14(20-2)6-8-15/h3-9H,10-11H2,1-2H3. The number of methoxy groups -OCH3 is 1. The number of rotatable bonds is 6. The van der Waals surface area contributed by atoms with E-state index in [1.807, 2.05) is 36.2 Å². The number of anilines is 1. The molecule has 0 fully saturated rings. The molecule has 0 saturated carbocycles. The van der Waals surface area contributed by atoms with Gasteiger partial charge in [0.25, 0.3) is 0 Å². The molecule has 108 valence electrons. The first-order chi connectivity index (χ1) is 10.2. The van der Waals surface area contributed by atoms with E-state index < -0.39 is 0 Å². The topological polar surface area (TPSA) is 58.4 Å².